The minimum atomic E-state index is 0.424. The topological polar surface area (TPSA) is 52.8 Å². The molecule has 0 N–H and O–H groups in total. The number of nitriles is 1. The van der Waals surface area contributed by atoms with E-state index in [1.165, 1.54) is 0 Å². The summed E-state index contributed by atoms with van der Waals surface area (Å²) in [5.41, 5.74) is 0.427. The van der Waals surface area contributed by atoms with Gasteiger partial charge in [0, 0.05) is 36.5 Å². The normalized spacial score (nSPS) is 21.1. The van der Waals surface area contributed by atoms with Crippen molar-refractivity contribution in [3.05, 3.63) is 18.1 Å². The molecule has 1 aromatic rings. The zero-order valence-corrected chi connectivity index (χ0v) is 9.37. The maximum atomic E-state index is 8.95. The van der Waals surface area contributed by atoms with Crippen LogP contribution in [0, 0.1) is 11.3 Å². The first-order valence-corrected chi connectivity index (χ1v) is 6.04. The molecule has 1 saturated heterocycles. The van der Waals surface area contributed by atoms with E-state index in [-0.39, 0.29) is 0 Å². The monoisotopic (exact) mass is 220 g/mol. The van der Waals surface area contributed by atoms with Crippen LogP contribution in [0.25, 0.3) is 0 Å². The van der Waals surface area contributed by atoms with Gasteiger partial charge >= 0.3 is 0 Å². The van der Waals surface area contributed by atoms with E-state index in [0.717, 1.165) is 23.9 Å². The highest BCUT2D eigenvalue weighted by molar-refractivity contribution is 7.99. The fraction of sp³-hybridized carbons (Fsp3) is 0.500. The summed E-state index contributed by atoms with van der Waals surface area (Å²) in [5.74, 6) is 2.90. The van der Waals surface area contributed by atoms with Gasteiger partial charge in [-0.05, 0) is 6.92 Å². The van der Waals surface area contributed by atoms with Gasteiger partial charge in [0.1, 0.15) is 6.07 Å². The van der Waals surface area contributed by atoms with E-state index in [2.05, 4.69) is 27.9 Å². The second-order valence-electron chi connectivity index (χ2n) is 3.46. The zero-order chi connectivity index (χ0) is 10.7. The molecule has 1 atom stereocenters. The highest BCUT2D eigenvalue weighted by Gasteiger charge is 2.22. The number of hydrogen-bond acceptors (Lipinski definition) is 5. The lowest BCUT2D eigenvalue weighted by Gasteiger charge is -2.33. The third-order valence-corrected chi connectivity index (χ3v) is 3.61. The van der Waals surface area contributed by atoms with Gasteiger partial charge in [0.05, 0.1) is 0 Å². The highest BCUT2D eigenvalue weighted by atomic mass is 32.2. The van der Waals surface area contributed by atoms with E-state index in [0.29, 0.717) is 11.7 Å². The van der Waals surface area contributed by atoms with Gasteiger partial charge in [-0.25, -0.2) is 9.97 Å². The Balaban J connectivity index is 2.31. The average Bonchev–Trinajstić information content (AvgIpc) is 2.30. The van der Waals surface area contributed by atoms with Crippen LogP contribution >= 0.6 is 11.8 Å². The summed E-state index contributed by atoms with van der Waals surface area (Å²) >= 11 is 1.94. The van der Waals surface area contributed by atoms with Gasteiger partial charge in [0.25, 0.3) is 0 Å². The first-order chi connectivity index (χ1) is 7.33. The molecule has 2 heterocycles. The summed E-state index contributed by atoms with van der Waals surface area (Å²) in [6.45, 7) is 3.10. The van der Waals surface area contributed by atoms with E-state index in [4.69, 9.17) is 5.26 Å². The van der Waals surface area contributed by atoms with Crippen LogP contribution in [0.2, 0.25) is 0 Å². The molecular weight excluding hydrogens is 208 g/mol. The van der Waals surface area contributed by atoms with Crippen LogP contribution in [0.15, 0.2) is 12.4 Å². The standard InChI is InChI=1S/C10H12N4S/c1-8-7-15-5-4-14(8)10-9(6-11)12-2-3-13-10/h2-3,8H,4-5,7H2,1H3. The van der Waals surface area contributed by atoms with Crippen molar-refractivity contribution in [2.75, 3.05) is 23.0 Å². The molecule has 2 rings (SSSR count). The molecular formula is C10H12N4S. The Morgan fingerprint density at radius 2 is 2.33 bits per heavy atom. The fourth-order valence-corrected chi connectivity index (χ4v) is 2.68. The molecule has 1 fully saturated rings. The maximum absolute atomic E-state index is 8.95. The first-order valence-electron chi connectivity index (χ1n) is 4.88. The lowest BCUT2D eigenvalue weighted by Crippen LogP contribution is -2.41. The largest absolute Gasteiger partial charge is 0.350 e. The van der Waals surface area contributed by atoms with Crippen LogP contribution < -0.4 is 4.90 Å². The van der Waals surface area contributed by atoms with Gasteiger partial charge in [-0.2, -0.15) is 17.0 Å². The summed E-state index contributed by atoms with van der Waals surface area (Å²) in [4.78, 5) is 10.5. The van der Waals surface area contributed by atoms with Gasteiger partial charge in [-0.1, -0.05) is 0 Å². The van der Waals surface area contributed by atoms with Gasteiger partial charge in [0.15, 0.2) is 11.5 Å². The van der Waals surface area contributed by atoms with Crippen LogP contribution in [0.4, 0.5) is 5.82 Å². The molecule has 0 aromatic carbocycles. The number of nitrogens with zero attached hydrogens (tertiary/aromatic N) is 4. The Morgan fingerprint density at radius 3 is 3.07 bits per heavy atom. The Labute approximate surface area is 93.3 Å². The Bertz CT molecular complexity index is 387. The molecule has 4 nitrogen and oxygen atoms in total. The smallest absolute Gasteiger partial charge is 0.183 e. The van der Waals surface area contributed by atoms with Crippen LogP contribution in [0.3, 0.4) is 0 Å². The predicted octanol–water partition coefficient (Wildman–Crippen LogP) is 1.29. The summed E-state index contributed by atoms with van der Waals surface area (Å²) in [6.07, 6.45) is 3.20. The van der Waals surface area contributed by atoms with Gasteiger partial charge < -0.3 is 4.90 Å². The Hall–Kier alpha value is -1.28. The van der Waals surface area contributed by atoms with E-state index in [9.17, 15) is 0 Å². The molecule has 0 aliphatic carbocycles. The molecule has 0 saturated carbocycles. The van der Waals surface area contributed by atoms with Gasteiger partial charge in [0.2, 0.25) is 0 Å². The Morgan fingerprint density at radius 1 is 1.53 bits per heavy atom. The summed E-state index contributed by atoms with van der Waals surface area (Å²) < 4.78 is 0. The van der Waals surface area contributed by atoms with Gasteiger partial charge in [-0.3, -0.25) is 0 Å². The molecule has 78 valence electrons. The summed E-state index contributed by atoms with van der Waals surface area (Å²) in [5, 5.41) is 8.95. The molecule has 1 aromatic heterocycles. The molecule has 1 unspecified atom stereocenters. The number of hydrogen-bond donors (Lipinski definition) is 0. The first kappa shape index (κ1) is 10.2. The average molecular weight is 220 g/mol. The van der Waals surface area contributed by atoms with Crippen molar-refractivity contribution >= 4 is 17.6 Å². The predicted molar refractivity (Wildman–Crippen MR) is 60.9 cm³/mol. The van der Waals surface area contributed by atoms with Crippen LogP contribution in [-0.2, 0) is 0 Å². The van der Waals surface area contributed by atoms with Crippen molar-refractivity contribution < 1.29 is 0 Å². The lowest BCUT2D eigenvalue weighted by atomic mass is 10.3. The third kappa shape index (κ3) is 2.05. The summed E-state index contributed by atoms with van der Waals surface area (Å²) in [7, 11) is 0. The third-order valence-electron chi connectivity index (χ3n) is 2.42. The van der Waals surface area contributed by atoms with Crippen LogP contribution in [-0.4, -0.2) is 34.1 Å². The highest BCUT2D eigenvalue weighted by Crippen LogP contribution is 2.23. The molecule has 1 aliphatic rings. The van der Waals surface area contributed by atoms with E-state index in [1.807, 2.05) is 11.8 Å². The SMILES string of the molecule is CC1CSCCN1c1nccnc1C#N. The number of rotatable bonds is 1. The van der Waals surface area contributed by atoms with Crippen molar-refractivity contribution in [3.8, 4) is 6.07 Å². The number of anilines is 1. The maximum Gasteiger partial charge on any atom is 0.183 e. The summed E-state index contributed by atoms with van der Waals surface area (Å²) in [6, 6.07) is 2.51. The van der Waals surface area contributed by atoms with E-state index < -0.39 is 0 Å². The van der Waals surface area contributed by atoms with Gasteiger partial charge in [-0.15, -0.1) is 0 Å². The molecule has 0 spiro atoms. The van der Waals surface area contributed by atoms with E-state index >= 15 is 0 Å². The second kappa shape index (κ2) is 4.49. The lowest BCUT2D eigenvalue weighted by molar-refractivity contribution is 0.686. The van der Waals surface area contributed by atoms with Crippen molar-refractivity contribution in [2.45, 2.75) is 13.0 Å². The minimum Gasteiger partial charge on any atom is -0.350 e. The van der Waals surface area contributed by atoms with Crippen LogP contribution in [0.1, 0.15) is 12.6 Å². The van der Waals surface area contributed by atoms with E-state index in [1.54, 1.807) is 12.4 Å². The number of thioether (sulfide) groups is 1. The molecule has 0 amide bonds. The molecule has 0 radical (unpaired) electrons. The number of aromatic nitrogens is 2. The quantitative estimate of drug-likeness (QED) is 0.714. The minimum absolute atomic E-state index is 0.424. The fourth-order valence-electron chi connectivity index (χ4n) is 1.66. The molecule has 0 bridgehead atoms. The van der Waals surface area contributed by atoms with Crippen molar-refractivity contribution in [1.82, 2.24) is 9.97 Å². The second-order valence-corrected chi connectivity index (χ2v) is 4.61. The van der Waals surface area contributed by atoms with Crippen molar-refractivity contribution in [1.29, 1.82) is 5.26 Å². The van der Waals surface area contributed by atoms with Crippen molar-refractivity contribution in [3.63, 3.8) is 0 Å². The van der Waals surface area contributed by atoms with Crippen LogP contribution in [0.5, 0.6) is 0 Å². The zero-order valence-electron chi connectivity index (χ0n) is 8.55. The van der Waals surface area contributed by atoms with Crippen molar-refractivity contribution in [2.24, 2.45) is 0 Å². The molecule has 1 aliphatic heterocycles. The Kier molecular flexibility index (Phi) is 3.07. The molecule has 15 heavy (non-hydrogen) atoms. The molecule has 5 heteroatoms.